The van der Waals surface area contributed by atoms with E-state index in [9.17, 15) is 0 Å². The number of aliphatic hydroxyl groups excluding tert-OH is 1. The van der Waals surface area contributed by atoms with Crippen LogP contribution in [-0.4, -0.2) is 24.3 Å². The molecule has 2 rings (SSSR count). The quantitative estimate of drug-likeness (QED) is 0.777. The highest BCUT2D eigenvalue weighted by atomic mass is 16.3. The van der Waals surface area contributed by atoms with Crippen LogP contribution in [-0.2, 0) is 0 Å². The highest BCUT2D eigenvalue weighted by Gasteiger charge is 2.25. The number of aliphatic hydroxyl groups is 1. The fourth-order valence-electron chi connectivity index (χ4n) is 2.29. The van der Waals surface area contributed by atoms with Crippen LogP contribution < -0.4 is 10.6 Å². The van der Waals surface area contributed by atoms with E-state index in [1.807, 2.05) is 12.1 Å². The minimum Gasteiger partial charge on any atom is -0.398 e. The van der Waals surface area contributed by atoms with Gasteiger partial charge in [0.05, 0.1) is 11.3 Å². The lowest BCUT2D eigenvalue weighted by Crippen LogP contribution is -2.41. The average Bonchev–Trinajstić information content (AvgIpc) is 2.32. The van der Waals surface area contributed by atoms with Crippen molar-refractivity contribution < 1.29 is 5.11 Å². The van der Waals surface area contributed by atoms with Crippen LogP contribution in [0.1, 0.15) is 31.2 Å². The van der Waals surface area contributed by atoms with Crippen molar-refractivity contribution in [1.82, 2.24) is 0 Å². The van der Waals surface area contributed by atoms with E-state index in [4.69, 9.17) is 16.1 Å². The van der Waals surface area contributed by atoms with E-state index >= 15 is 0 Å². The van der Waals surface area contributed by atoms with Crippen molar-refractivity contribution in [3.8, 4) is 6.07 Å². The summed E-state index contributed by atoms with van der Waals surface area (Å²) in [5.41, 5.74) is 7.97. The Morgan fingerprint density at radius 3 is 2.72 bits per heavy atom. The van der Waals surface area contributed by atoms with Crippen molar-refractivity contribution >= 4 is 11.4 Å². The summed E-state index contributed by atoms with van der Waals surface area (Å²) < 4.78 is 0. The lowest BCUT2D eigenvalue weighted by molar-refractivity contribution is 0.283. The zero-order chi connectivity index (χ0) is 13.0. The highest BCUT2D eigenvalue weighted by Crippen LogP contribution is 2.31. The van der Waals surface area contributed by atoms with Gasteiger partial charge in [-0.15, -0.1) is 0 Å². The molecule has 3 N–H and O–H groups in total. The molecule has 0 amide bonds. The van der Waals surface area contributed by atoms with E-state index < -0.39 is 0 Å². The van der Waals surface area contributed by atoms with Crippen LogP contribution in [0.4, 0.5) is 11.4 Å². The van der Waals surface area contributed by atoms with Crippen LogP contribution in [0.3, 0.4) is 0 Å². The number of rotatable bonds is 5. The van der Waals surface area contributed by atoms with Gasteiger partial charge < -0.3 is 15.7 Å². The molecular weight excluding hydrogens is 226 g/mol. The van der Waals surface area contributed by atoms with Crippen LogP contribution >= 0.6 is 0 Å². The maximum atomic E-state index is 8.98. The summed E-state index contributed by atoms with van der Waals surface area (Å²) in [6.45, 7) is 1.04. The summed E-state index contributed by atoms with van der Waals surface area (Å²) in [5.74, 6) is 0. The summed E-state index contributed by atoms with van der Waals surface area (Å²) >= 11 is 0. The maximum Gasteiger partial charge on any atom is 0.101 e. The first-order chi connectivity index (χ1) is 8.76. The smallest absolute Gasteiger partial charge is 0.101 e. The molecule has 1 aliphatic rings. The zero-order valence-electron chi connectivity index (χ0n) is 10.5. The van der Waals surface area contributed by atoms with Crippen molar-refractivity contribution in [2.75, 3.05) is 23.8 Å². The fraction of sp³-hybridized carbons (Fsp3) is 0.500. The molecule has 1 aromatic rings. The number of hydrogen-bond donors (Lipinski definition) is 2. The van der Waals surface area contributed by atoms with E-state index in [1.165, 1.54) is 19.3 Å². The van der Waals surface area contributed by atoms with Gasteiger partial charge in [0.25, 0.3) is 0 Å². The molecule has 96 valence electrons. The summed E-state index contributed by atoms with van der Waals surface area (Å²) in [7, 11) is 0. The van der Waals surface area contributed by atoms with Crippen LogP contribution in [0.25, 0.3) is 0 Å². The molecule has 4 heteroatoms. The average molecular weight is 245 g/mol. The van der Waals surface area contributed by atoms with Crippen LogP contribution in [0.15, 0.2) is 18.2 Å². The Labute approximate surface area is 108 Å². The molecule has 0 saturated heterocycles. The van der Waals surface area contributed by atoms with E-state index in [2.05, 4.69) is 11.0 Å². The van der Waals surface area contributed by atoms with E-state index in [1.54, 1.807) is 6.07 Å². The van der Waals surface area contributed by atoms with Crippen molar-refractivity contribution in [2.24, 2.45) is 0 Å². The predicted molar refractivity (Wildman–Crippen MR) is 72.3 cm³/mol. The first-order valence-corrected chi connectivity index (χ1v) is 6.43. The van der Waals surface area contributed by atoms with Gasteiger partial charge in [0.1, 0.15) is 6.07 Å². The summed E-state index contributed by atoms with van der Waals surface area (Å²) in [5, 5.41) is 17.9. The molecular formula is C14H19N3O. The Morgan fingerprint density at radius 1 is 1.44 bits per heavy atom. The van der Waals surface area contributed by atoms with Gasteiger partial charge in [0.2, 0.25) is 0 Å². The number of nitriles is 1. The van der Waals surface area contributed by atoms with Gasteiger partial charge in [0.15, 0.2) is 0 Å². The Hall–Kier alpha value is -1.73. The van der Waals surface area contributed by atoms with E-state index in [0.29, 0.717) is 17.3 Å². The lowest BCUT2D eigenvalue weighted by Gasteiger charge is -2.39. The first kappa shape index (κ1) is 12.7. The topological polar surface area (TPSA) is 73.3 Å². The zero-order valence-corrected chi connectivity index (χ0v) is 10.5. The molecule has 0 spiro atoms. The minimum atomic E-state index is 0.203. The SMILES string of the molecule is N#Cc1ccc(N(CCCO)C2CCC2)cc1N. The lowest BCUT2D eigenvalue weighted by atomic mass is 9.90. The Balaban J connectivity index is 2.19. The van der Waals surface area contributed by atoms with Gasteiger partial charge in [-0.1, -0.05) is 0 Å². The maximum absolute atomic E-state index is 8.98. The van der Waals surface area contributed by atoms with Gasteiger partial charge in [-0.25, -0.2) is 0 Å². The molecule has 1 saturated carbocycles. The van der Waals surface area contributed by atoms with Crippen molar-refractivity contribution in [1.29, 1.82) is 5.26 Å². The highest BCUT2D eigenvalue weighted by molar-refractivity contribution is 5.64. The second kappa shape index (κ2) is 5.74. The first-order valence-electron chi connectivity index (χ1n) is 6.43. The second-order valence-electron chi connectivity index (χ2n) is 4.74. The Bertz CT molecular complexity index is 449. The summed E-state index contributed by atoms with van der Waals surface area (Å²) in [4.78, 5) is 2.30. The molecule has 1 aliphatic carbocycles. The van der Waals surface area contributed by atoms with Crippen molar-refractivity contribution in [3.05, 3.63) is 23.8 Å². The number of nitrogens with zero attached hydrogens (tertiary/aromatic N) is 2. The fourth-order valence-corrected chi connectivity index (χ4v) is 2.29. The third kappa shape index (κ3) is 2.57. The minimum absolute atomic E-state index is 0.203. The Morgan fingerprint density at radius 2 is 2.22 bits per heavy atom. The van der Waals surface area contributed by atoms with Crippen LogP contribution in [0.2, 0.25) is 0 Å². The number of nitrogen functional groups attached to an aromatic ring is 1. The van der Waals surface area contributed by atoms with Crippen LogP contribution in [0, 0.1) is 11.3 Å². The molecule has 0 radical (unpaired) electrons. The molecule has 1 aromatic carbocycles. The van der Waals surface area contributed by atoms with Crippen molar-refractivity contribution in [3.63, 3.8) is 0 Å². The number of hydrogen-bond acceptors (Lipinski definition) is 4. The molecule has 0 aromatic heterocycles. The van der Waals surface area contributed by atoms with E-state index in [-0.39, 0.29) is 6.61 Å². The van der Waals surface area contributed by atoms with E-state index in [0.717, 1.165) is 18.7 Å². The third-order valence-electron chi connectivity index (χ3n) is 3.56. The standard InChI is InChI=1S/C14H19N3O/c15-10-11-5-6-13(9-14(11)16)17(7-2-8-18)12-3-1-4-12/h5-6,9,12,18H,1-4,7-8,16H2. The molecule has 0 bridgehead atoms. The normalized spacial score (nSPS) is 14.9. The molecule has 0 atom stereocenters. The van der Waals surface area contributed by atoms with Gasteiger partial charge in [-0.2, -0.15) is 5.26 Å². The molecule has 0 unspecified atom stereocenters. The number of benzene rings is 1. The van der Waals surface area contributed by atoms with Gasteiger partial charge >= 0.3 is 0 Å². The molecule has 0 aliphatic heterocycles. The second-order valence-corrected chi connectivity index (χ2v) is 4.74. The number of anilines is 2. The van der Waals surface area contributed by atoms with Crippen LogP contribution in [0.5, 0.6) is 0 Å². The molecule has 4 nitrogen and oxygen atoms in total. The Kier molecular flexibility index (Phi) is 4.06. The van der Waals surface area contributed by atoms with Gasteiger partial charge in [-0.3, -0.25) is 0 Å². The number of nitrogens with two attached hydrogens (primary N) is 1. The van der Waals surface area contributed by atoms with Crippen molar-refractivity contribution in [2.45, 2.75) is 31.7 Å². The molecule has 0 heterocycles. The molecule has 1 fully saturated rings. The van der Waals surface area contributed by atoms with Gasteiger partial charge in [0, 0.05) is 24.9 Å². The third-order valence-corrected chi connectivity index (χ3v) is 3.56. The largest absolute Gasteiger partial charge is 0.398 e. The monoisotopic (exact) mass is 245 g/mol. The predicted octanol–water partition coefficient (Wildman–Crippen LogP) is 1.88. The molecule has 18 heavy (non-hydrogen) atoms. The van der Waals surface area contributed by atoms with Gasteiger partial charge in [-0.05, 0) is 43.9 Å². The summed E-state index contributed by atoms with van der Waals surface area (Å²) in [6, 6.07) is 8.23. The summed E-state index contributed by atoms with van der Waals surface area (Å²) in [6.07, 6.45) is 4.43.